The third-order valence-electron chi connectivity index (χ3n) is 2.59. The third-order valence-corrected chi connectivity index (χ3v) is 2.59. The zero-order chi connectivity index (χ0) is 9.42. The molecule has 0 saturated heterocycles. The minimum Gasteiger partial charge on any atom is -0.508 e. The van der Waals surface area contributed by atoms with E-state index in [1.807, 2.05) is 0 Å². The molecule has 0 aromatic heterocycles. The molecule has 0 bridgehead atoms. The molecule has 1 unspecified atom stereocenters. The van der Waals surface area contributed by atoms with Crippen LogP contribution in [0.3, 0.4) is 0 Å². The summed E-state index contributed by atoms with van der Waals surface area (Å²) in [5.74, 6) is 0.263. The Morgan fingerprint density at radius 1 is 1.31 bits per heavy atom. The Morgan fingerprint density at radius 2 is 2.08 bits per heavy atom. The fraction of sp³-hybridized carbons (Fsp3) is 0.400. The lowest BCUT2D eigenvalue weighted by Crippen LogP contribution is -2.17. The SMILES string of the molecule is NC1CCCc2c(O)cc(O)cc21. The van der Waals surface area contributed by atoms with Crippen LogP contribution in [0.2, 0.25) is 0 Å². The largest absolute Gasteiger partial charge is 0.508 e. The molecule has 70 valence electrons. The molecule has 2 rings (SSSR count). The van der Waals surface area contributed by atoms with Crippen LogP contribution < -0.4 is 5.73 Å². The van der Waals surface area contributed by atoms with Crippen LogP contribution in [0.4, 0.5) is 0 Å². The first-order valence-electron chi connectivity index (χ1n) is 4.49. The van der Waals surface area contributed by atoms with E-state index in [2.05, 4.69) is 0 Å². The molecule has 1 aliphatic carbocycles. The maximum Gasteiger partial charge on any atom is 0.122 e. The minimum absolute atomic E-state index is 0.0400. The van der Waals surface area contributed by atoms with E-state index < -0.39 is 0 Å². The van der Waals surface area contributed by atoms with Gasteiger partial charge in [-0.15, -0.1) is 0 Å². The summed E-state index contributed by atoms with van der Waals surface area (Å²) in [4.78, 5) is 0. The molecule has 1 atom stereocenters. The molecule has 3 nitrogen and oxygen atoms in total. The fourth-order valence-electron chi connectivity index (χ4n) is 1.92. The van der Waals surface area contributed by atoms with Gasteiger partial charge in [-0.2, -0.15) is 0 Å². The maximum absolute atomic E-state index is 9.54. The van der Waals surface area contributed by atoms with Crippen molar-refractivity contribution in [2.24, 2.45) is 5.73 Å². The third kappa shape index (κ3) is 1.35. The lowest BCUT2D eigenvalue weighted by Gasteiger charge is -2.22. The summed E-state index contributed by atoms with van der Waals surface area (Å²) in [7, 11) is 0. The summed E-state index contributed by atoms with van der Waals surface area (Å²) in [6.07, 6.45) is 2.79. The number of rotatable bonds is 0. The van der Waals surface area contributed by atoms with E-state index >= 15 is 0 Å². The molecule has 0 amide bonds. The highest BCUT2D eigenvalue weighted by Crippen LogP contribution is 2.36. The molecule has 4 N–H and O–H groups in total. The molecule has 0 aliphatic heterocycles. The van der Waals surface area contributed by atoms with Gasteiger partial charge < -0.3 is 15.9 Å². The van der Waals surface area contributed by atoms with Crippen molar-refractivity contribution in [2.45, 2.75) is 25.3 Å². The molecule has 1 aromatic carbocycles. The van der Waals surface area contributed by atoms with Gasteiger partial charge in [0.1, 0.15) is 11.5 Å². The quantitative estimate of drug-likeness (QED) is 0.564. The van der Waals surface area contributed by atoms with E-state index in [1.54, 1.807) is 6.07 Å². The Labute approximate surface area is 76.8 Å². The maximum atomic E-state index is 9.54. The zero-order valence-corrected chi connectivity index (χ0v) is 7.33. The Bertz CT molecular complexity index is 336. The lowest BCUT2D eigenvalue weighted by atomic mass is 9.87. The smallest absolute Gasteiger partial charge is 0.122 e. The Hall–Kier alpha value is -1.22. The Kier molecular flexibility index (Phi) is 1.88. The summed E-state index contributed by atoms with van der Waals surface area (Å²) >= 11 is 0. The second-order valence-corrected chi connectivity index (χ2v) is 3.53. The van der Waals surface area contributed by atoms with Crippen LogP contribution in [-0.4, -0.2) is 10.2 Å². The first kappa shape index (κ1) is 8.38. The fourth-order valence-corrected chi connectivity index (χ4v) is 1.92. The van der Waals surface area contributed by atoms with Crippen LogP contribution in [0.5, 0.6) is 11.5 Å². The van der Waals surface area contributed by atoms with Crippen LogP contribution in [0.1, 0.15) is 30.0 Å². The minimum atomic E-state index is -0.0400. The van der Waals surface area contributed by atoms with E-state index in [-0.39, 0.29) is 17.5 Å². The van der Waals surface area contributed by atoms with E-state index in [0.717, 1.165) is 30.4 Å². The van der Waals surface area contributed by atoms with E-state index in [0.29, 0.717) is 0 Å². The van der Waals surface area contributed by atoms with Gasteiger partial charge in [0, 0.05) is 12.1 Å². The molecule has 3 heteroatoms. The monoisotopic (exact) mass is 179 g/mol. The molecular formula is C10H13NO2. The number of phenols is 2. The summed E-state index contributed by atoms with van der Waals surface area (Å²) in [6.45, 7) is 0. The molecule has 13 heavy (non-hydrogen) atoms. The van der Waals surface area contributed by atoms with Crippen LogP contribution >= 0.6 is 0 Å². The molecular weight excluding hydrogens is 166 g/mol. The van der Waals surface area contributed by atoms with E-state index in [1.165, 1.54) is 6.07 Å². The summed E-state index contributed by atoms with van der Waals surface area (Å²) in [6, 6.07) is 2.98. The molecule has 1 aliphatic rings. The summed E-state index contributed by atoms with van der Waals surface area (Å²) < 4.78 is 0. The summed E-state index contributed by atoms with van der Waals surface area (Å²) in [5, 5.41) is 18.8. The number of hydrogen-bond donors (Lipinski definition) is 3. The molecule has 0 spiro atoms. The zero-order valence-electron chi connectivity index (χ0n) is 7.33. The van der Waals surface area contributed by atoms with Gasteiger partial charge in [0.15, 0.2) is 0 Å². The molecule has 0 radical (unpaired) electrons. The van der Waals surface area contributed by atoms with Crippen LogP contribution in [0.15, 0.2) is 12.1 Å². The molecule has 1 aromatic rings. The van der Waals surface area contributed by atoms with Crippen LogP contribution in [0, 0.1) is 0 Å². The number of benzene rings is 1. The number of aromatic hydroxyl groups is 2. The molecule has 0 saturated carbocycles. The normalized spacial score (nSPS) is 21.2. The van der Waals surface area contributed by atoms with Crippen molar-refractivity contribution in [3.8, 4) is 11.5 Å². The van der Waals surface area contributed by atoms with Crippen molar-refractivity contribution >= 4 is 0 Å². The molecule has 0 fully saturated rings. The van der Waals surface area contributed by atoms with Gasteiger partial charge >= 0.3 is 0 Å². The van der Waals surface area contributed by atoms with Crippen molar-refractivity contribution in [2.75, 3.05) is 0 Å². The van der Waals surface area contributed by atoms with Crippen molar-refractivity contribution in [1.82, 2.24) is 0 Å². The van der Waals surface area contributed by atoms with Gasteiger partial charge in [0.2, 0.25) is 0 Å². The predicted octanol–water partition coefficient (Wildman–Crippen LogP) is 1.43. The highest BCUT2D eigenvalue weighted by molar-refractivity contribution is 5.47. The lowest BCUT2D eigenvalue weighted by molar-refractivity contribution is 0.434. The van der Waals surface area contributed by atoms with Crippen LogP contribution in [-0.2, 0) is 6.42 Å². The summed E-state index contributed by atoms with van der Waals surface area (Å²) in [5.41, 5.74) is 7.65. The second-order valence-electron chi connectivity index (χ2n) is 3.53. The van der Waals surface area contributed by atoms with Gasteiger partial charge in [-0.1, -0.05) is 0 Å². The number of nitrogens with two attached hydrogens (primary N) is 1. The van der Waals surface area contributed by atoms with Crippen molar-refractivity contribution in [3.05, 3.63) is 23.3 Å². The average Bonchev–Trinajstić information content (AvgIpc) is 2.07. The number of fused-ring (bicyclic) bond motifs is 1. The second kappa shape index (κ2) is 2.92. The molecule has 0 heterocycles. The van der Waals surface area contributed by atoms with Gasteiger partial charge in [-0.3, -0.25) is 0 Å². The number of hydrogen-bond acceptors (Lipinski definition) is 3. The van der Waals surface area contributed by atoms with E-state index in [9.17, 15) is 10.2 Å². The average molecular weight is 179 g/mol. The Balaban J connectivity index is 2.56. The van der Waals surface area contributed by atoms with Gasteiger partial charge in [-0.05, 0) is 36.5 Å². The standard InChI is InChI=1S/C10H13NO2/c11-9-3-1-2-7-8(9)4-6(12)5-10(7)13/h4-5,9,12-13H,1-3,11H2. The highest BCUT2D eigenvalue weighted by atomic mass is 16.3. The Morgan fingerprint density at radius 3 is 2.85 bits per heavy atom. The first-order valence-corrected chi connectivity index (χ1v) is 4.49. The first-order chi connectivity index (χ1) is 6.18. The van der Waals surface area contributed by atoms with Crippen molar-refractivity contribution in [3.63, 3.8) is 0 Å². The van der Waals surface area contributed by atoms with Crippen molar-refractivity contribution in [1.29, 1.82) is 0 Å². The van der Waals surface area contributed by atoms with Gasteiger partial charge in [0.25, 0.3) is 0 Å². The van der Waals surface area contributed by atoms with Gasteiger partial charge in [-0.25, -0.2) is 0 Å². The van der Waals surface area contributed by atoms with Crippen LogP contribution in [0.25, 0.3) is 0 Å². The topological polar surface area (TPSA) is 66.5 Å². The van der Waals surface area contributed by atoms with Crippen molar-refractivity contribution < 1.29 is 10.2 Å². The number of phenolic OH excluding ortho intramolecular Hbond substituents is 2. The predicted molar refractivity (Wildman–Crippen MR) is 49.6 cm³/mol. The van der Waals surface area contributed by atoms with Gasteiger partial charge in [0.05, 0.1) is 0 Å². The van der Waals surface area contributed by atoms with E-state index in [4.69, 9.17) is 5.73 Å². The highest BCUT2D eigenvalue weighted by Gasteiger charge is 2.20.